The first-order valence-corrected chi connectivity index (χ1v) is 10.3. The summed E-state index contributed by atoms with van der Waals surface area (Å²) in [6, 6.07) is 10.2. The van der Waals surface area contributed by atoms with Crippen LogP contribution in [0.5, 0.6) is 0 Å². The molecule has 5 nitrogen and oxygen atoms in total. The number of fused-ring (bicyclic) bond motifs is 1. The van der Waals surface area contributed by atoms with E-state index >= 15 is 0 Å². The summed E-state index contributed by atoms with van der Waals surface area (Å²) in [6.45, 7) is 5.56. The Balaban J connectivity index is 1.98. The zero-order valence-electron chi connectivity index (χ0n) is 14.2. The van der Waals surface area contributed by atoms with Gasteiger partial charge < -0.3 is 0 Å². The lowest BCUT2D eigenvalue weighted by molar-refractivity contribution is 0.102. The highest BCUT2D eigenvalue weighted by Gasteiger charge is 2.21. The molecule has 0 radical (unpaired) electrons. The van der Waals surface area contributed by atoms with Gasteiger partial charge in [0.2, 0.25) is 0 Å². The molecule has 0 bridgehead atoms. The van der Waals surface area contributed by atoms with Gasteiger partial charge in [-0.1, -0.05) is 36.5 Å². The maximum atomic E-state index is 12.6. The Morgan fingerprint density at radius 2 is 1.88 bits per heavy atom. The Kier molecular flexibility index (Phi) is 4.62. The summed E-state index contributed by atoms with van der Waals surface area (Å²) < 4.78 is 25.4. The highest BCUT2D eigenvalue weighted by atomic mass is 32.2. The maximum Gasteiger partial charge on any atom is 0.258 e. The average molecular weight is 374 g/mol. The SMILES string of the molecule is CCS(=O)(=O)c1ccccc1C(=O)Nc1nc2c(C)c(C)ccc2s1. The van der Waals surface area contributed by atoms with Crippen molar-refractivity contribution in [2.24, 2.45) is 0 Å². The van der Waals surface area contributed by atoms with E-state index in [4.69, 9.17) is 0 Å². The molecule has 0 aliphatic heterocycles. The Labute approximate surface area is 150 Å². The zero-order chi connectivity index (χ0) is 18.2. The van der Waals surface area contributed by atoms with Gasteiger partial charge in [0.15, 0.2) is 15.0 Å². The van der Waals surface area contributed by atoms with Crippen LogP contribution >= 0.6 is 11.3 Å². The van der Waals surface area contributed by atoms with Crippen molar-refractivity contribution in [3.05, 3.63) is 53.1 Å². The molecular weight excluding hydrogens is 356 g/mol. The molecule has 25 heavy (non-hydrogen) atoms. The normalized spacial score (nSPS) is 11.6. The third kappa shape index (κ3) is 3.29. The molecule has 130 valence electrons. The number of carbonyl (C=O) groups is 1. The summed E-state index contributed by atoms with van der Waals surface area (Å²) in [6.07, 6.45) is 0. The summed E-state index contributed by atoms with van der Waals surface area (Å²) in [5.74, 6) is -0.530. The Bertz CT molecular complexity index is 1070. The van der Waals surface area contributed by atoms with Crippen LogP contribution in [0.1, 0.15) is 28.4 Å². The molecule has 0 aliphatic rings. The van der Waals surface area contributed by atoms with Crippen molar-refractivity contribution in [2.75, 3.05) is 11.1 Å². The van der Waals surface area contributed by atoms with E-state index in [0.717, 1.165) is 21.3 Å². The smallest absolute Gasteiger partial charge is 0.258 e. The van der Waals surface area contributed by atoms with Crippen LogP contribution in [-0.2, 0) is 9.84 Å². The molecule has 0 saturated heterocycles. The Morgan fingerprint density at radius 1 is 1.16 bits per heavy atom. The van der Waals surface area contributed by atoms with Crippen LogP contribution in [-0.4, -0.2) is 25.1 Å². The zero-order valence-corrected chi connectivity index (χ0v) is 15.8. The van der Waals surface area contributed by atoms with E-state index in [0.29, 0.717) is 5.13 Å². The Morgan fingerprint density at radius 3 is 2.60 bits per heavy atom. The van der Waals surface area contributed by atoms with Gasteiger partial charge >= 0.3 is 0 Å². The lowest BCUT2D eigenvalue weighted by atomic mass is 10.1. The molecule has 2 aromatic carbocycles. The van der Waals surface area contributed by atoms with Gasteiger partial charge in [0.25, 0.3) is 5.91 Å². The molecule has 0 saturated carbocycles. The van der Waals surface area contributed by atoms with Gasteiger partial charge in [0, 0.05) is 0 Å². The van der Waals surface area contributed by atoms with Crippen LogP contribution in [0.3, 0.4) is 0 Å². The predicted molar refractivity (Wildman–Crippen MR) is 101 cm³/mol. The summed E-state index contributed by atoms with van der Waals surface area (Å²) in [4.78, 5) is 17.1. The lowest BCUT2D eigenvalue weighted by Crippen LogP contribution is -2.17. The number of hydrogen-bond acceptors (Lipinski definition) is 5. The van der Waals surface area contributed by atoms with E-state index in [1.54, 1.807) is 19.1 Å². The fraction of sp³-hybridized carbons (Fsp3) is 0.222. The van der Waals surface area contributed by atoms with Gasteiger partial charge in [0.1, 0.15) is 0 Å². The summed E-state index contributed by atoms with van der Waals surface area (Å²) in [7, 11) is -3.48. The molecule has 0 unspecified atom stereocenters. The van der Waals surface area contributed by atoms with Crippen LogP contribution in [0.25, 0.3) is 10.2 Å². The summed E-state index contributed by atoms with van der Waals surface area (Å²) in [5, 5.41) is 3.19. The molecule has 0 atom stereocenters. The number of aromatic nitrogens is 1. The lowest BCUT2D eigenvalue weighted by Gasteiger charge is -2.08. The van der Waals surface area contributed by atoms with Crippen molar-refractivity contribution in [2.45, 2.75) is 25.7 Å². The fourth-order valence-electron chi connectivity index (χ4n) is 2.52. The molecule has 0 fully saturated rings. The second kappa shape index (κ2) is 6.57. The van der Waals surface area contributed by atoms with E-state index in [9.17, 15) is 13.2 Å². The van der Waals surface area contributed by atoms with E-state index in [2.05, 4.69) is 10.3 Å². The molecule has 7 heteroatoms. The van der Waals surface area contributed by atoms with E-state index in [1.165, 1.54) is 23.5 Å². The van der Waals surface area contributed by atoms with Gasteiger partial charge in [0.05, 0.1) is 26.4 Å². The molecule has 1 heterocycles. The van der Waals surface area contributed by atoms with Crippen molar-refractivity contribution in [3.63, 3.8) is 0 Å². The van der Waals surface area contributed by atoms with Crippen LogP contribution in [0.4, 0.5) is 5.13 Å². The van der Waals surface area contributed by atoms with Gasteiger partial charge in [-0.05, 0) is 43.2 Å². The number of thiazole rings is 1. The minimum absolute atomic E-state index is 0.0446. The quantitative estimate of drug-likeness (QED) is 0.750. The number of carbonyl (C=O) groups excluding carboxylic acids is 1. The van der Waals surface area contributed by atoms with E-state index < -0.39 is 15.7 Å². The predicted octanol–water partition coefficient (Wildman–Crippen LogP) is 3.96. The van der Waals surface area contributed by atoms with Gasteiger partial charge in [-0.25, -0.2) is 13.4 Å². The first-order chi connectivity index (χ1) is 11.8. The third-order valence-corrected chi connectivity index (χ3v) is 6.87. The molecule has 1 aromatic heterocycles. The van der Waals surface area contributed by atoms with Crippen molar-refractivity contribution in [1.82, 2.24) is 4.98 Å². The minimum atomic E-state index is -3.48. The molecule has 1 amide bonds. The number of aryl methyl sites for hydroxylation is 2. The van der Waals surface area contributed by atoms with Gasteiger partial charge in [-0.3, -0.25) is 10.1 Å². The number of amides is 1. The standard InChI is InChI=1S/C18H18N2O3S2/c1-4-25(22,23)15-8-6-5-7-13(15)17(21)20-18-19-16-12(3)11(2)9-10-14(16)24-18/h5-10H,4H2,1-3H3,(H,19,20,21). The second-order valence-corrected chi connectivity index (χ2v) is 9.00. The first-order valence-electron chi connectivity index (χ1n) is 7.83. The summed E-state index contributed by atoms with van der Waals surface area (Å²) in [5.41, 5.74) is 3.20. The molecule has 0 spiro atoms. The molecule has 1 N–H and O–H groups in total. The summed E-state index contributed by atoms with van der Waals surface area (Å²) >= 11 is 1.37. The van der Waals surface area contributed by atoms with Crippen LogP contribution in [0, 0.1) is 13.8 Å². The maximum absolute atomic E-state index is 12.6. The number of hydrogen-bond donors (Lipinski definition) is 1. The van der Waals surface area contributed by atoms with E-state index in [-0.39, 0.29) is 16.2 Å². The van der Waals surface area contributed by atoms with Crippen LogP contribution in [0.15, 0.2) is 41.3 Å². The average Bonchev–Trinajstić information content (AvgIpc) is 3.01. The molecule has 0 aliphatic carbocycles. The second-order valence-electron chi connectivity index (χ2n) is 5.73. The van der Waals surface area contributed by atoms with Crippen molar-refractivity contribution in [1.29, 1.82) is 0 Å². The third-order valence-electron chi connectivity index (χ3n) is 4.15. The molecule has 3 rings (SSSR count). The largest absolute Gasteiger partial charge is 0.298 e. The van der Waals surface area contributed by atoms with Crippen LogP contribution < -0.4 is 5.32 Å². The monoisotopic (exact) mass is 374 g/mol. The fourth-order valence-corrected chi connectivity index (χ4v) is 4.54. The molecule has 3 aromatic rings. The molecular formula is C18H18N2O3S2. The van der Waals surface area contributed by atoms with Crippen molar-refractivity contribution < 1.29 is 13.2 Å². The van der Waals surface area contributed by atoms with Crippen LogP contribution in [0.2, 0.25) is 0 Å². The van der Waals surface area contributed by atoms with Crippen molar-refractivity contribution >= 4 is 42.4 Å². The van der Waals surface area contributed by atoms with Gasteiger partial charge in [-0.2, -0.15) is 0 Å². The van der Waals surface area contributed by atoms with E-state index in [1.807, 2.05) is 26.0 Å². The number of rotatable bonds is 4. The number of benzene rings is 2. The number of anilines is 1. The number of nitrogens with zero attached hydrogens (tertiary/aromatic N) is 1. The highest BCUT2D eigenvalue weighted by molar-refractivity contribution is 7.91. The first kappa shape index (κ1) is 17.6. The number of nitrogens with one attached hydrogen (secondary N) is 1. The minimum Gasteiger partial charge on any atom is -0.298 e. The van der Waals surface area contributed by atoms with Crippen molar-refractivity contribution in [3.8, 4) is 0 Å². The van der Waals surface area contributed by atoms with Gasteiger partial charge in [-0.15, -0.1) is 0 Å². The topological polar surface area (TPSA) is 76.1 Å². The highest BCUT2D eigenvalue weighted by Crippen LogP contribution is 2.30. The number of sulfone groups is 1. The Hall–Kier alpha value is -2.25.